The summed E-state index contributed by atoms with van der Waals surface area (Å²) in [5.41, 5.74) is 2.87. The van der Waals surface area contributed by atoms with Gasteiger partial charge in [0.05, 0.1) is 28.5 Å². The zero-order chi connectivity index (χ0) is 25.3. The quantitative estimate of drug-likeness (QED) is 0.432. The summed E-state index contributed by atoms with van der Waals surface area (Å²) in [6.07, 6.45) is 0.861. The highest BCUT2D eigenvalue weighted by Crippen LogP contribution is 2.29. The van der Waals surface area contributed by atoms with Gasteiger partial charge in [0, 0.05) is 39.6 Å². The number of sulfonamides is 1. The van der Waals surface area contributed by atoms with Crippen molar-refractivity contribution >= 4 is 56.4 Å². The molecule has 186 valence electrons. The number of carbonyl (C=O) groups is 1. The Morgan fingerprint density at radius 2 is 1.63 bits per heavy atom. The van der Waals surface area contributed by atoms with E-state index in [-0.39, 0.29) is 29.8 Å². The van der Waals surface area contributed by atoms with Crippen LogP contribution < -0.4 is 5.32 Å². The maximum absolute atomic E-state index is 13.0. The van der Waals surface area contributed by atoms with Crippen molar-refractivity contribution in [3.05, 3.63) is 74.5 Å². The number of rotatable bonds is 6. The molecule has 1 aliphatic heterocycles. The summed E-state index contributed by atoms with van der Waals surface area (Å²) in [6, 6.07) is 11.4. The van der Waals surface area contributed by atoms with Crippen molar-refractivity contribution in [2.75, 3.05) is 18.4 Å². The summed E-state index contributed by atoms with van der Waals surface area (Å²) in [5.74, 6) is -0.443. The smallest absolute Gasteiger partial charge is 0.243 e. The van der Waals surface area contributed by atoms with Crippen molar-refractivity contribution < 1.29 is 13.2 Å². The Bertz CT molecular complexity index is 1330. The third kappa shape index (κ3) is 5.52. The molecule has 0 bridgehead atoms. The maximum atomic E-state index is 13.0. The number of aryl methyl sites for hydroxylation is 1. The van der Waals surface area contributed by atoms with Crippen molar-refractivity contribution in [3.8, 4) is 0 Å². The first-order chi connectivity index (χ1) is 16.6. The number of nitrogens with zero attached hydrogens (tertiary/aromatic N) is 3. The van der Waals surface area contributed by atoms with Gasteiger partial charge in [-0.05, 0) is 63.1 Å². The molecule has 1 aliphatic rings. The number of anilines is 1. The van der Waals surface area contributed by atoms with E-state index in [1.54, 1.807) is 35.0 Å². The lowest BCUT2D eigenvalue weighted by Gasteiger charge is -2.30. The second kappa shape index (κ2) is 10.5. The molecule has 1 N–H and O–H groups in total. The molecular weight excluding hydrogens is 531 g/mol. The Morgan fingerprint density at radius 1 is 1.03 bits per heavy atom. The molecule has 2 aromatic carbocycles. The molecule has 1 aromatic heterocycles. The molecule has 0 unspecified atom stereocenters. The lowest BCUT2D eigenvalue weighted by atomic mass is 9.97. The molecule has 4 rings (SSSR count). The fourth-order valence-electron chi connectivity index (χ4n) is 4.20. The average Bonchev–Trinajstić information content (AvgIpc) is 3.09. The van der Waals surface area contributed by atoms with E-state index in [0.717, 1.165) is 11.3 Å². The fourth-order valence-corrected chi connectivity index (χ4v) is 6.32. The highest BCUT2D eigenvalue weighted by Gasteiger charge is 2.32. The number of hydrogen-bond acceptors (Lipinski definition) is 4. The van der Waals surface area contributed by atoms with Crippen LogP contribution in [-0.2, 0) is 21.4 Å². The number of halogens is 3. The summed E-state index contributed by atoms with van der Waals surface area (Å²) in [7, 11) is -3.63. The zero-order valence-electron chi connectivity index (χ0n) is 19.3. The molecule has 1 fully saturated rings. The third-order valence-corrected chi connectivity index (χ3v) is 9.15. The molecular formula is C24H25Cl3N4O3S. The van der Waals surface area contributed by atoms with Crippen LogP contribution in [0.25, 0.3) is 0 Å². The average molecular weight is 556 g/mol. The highest BCUT2D eigenvalue weighted by atomic mass is 35.5. The molecule has 1 saturated heterocycles. The number of amides is 1. The SMILES string of the molecule is Cc1nn(Cc2c(Cl)cccc2Cl)c(C)c1NC(=O)C1CCN(S(=O)(=O)c2ccc(Cl)cc2)CC1. The van der Waals surface area contributed by atoms with E-state index >= 15 is 0 Å². The molecule has 0 radical (unpaired) electrons. The van der Waals surface area contributed by atoms with Gasteiger partial charge in [0.25, 0.3) is 0 Å². The van der Waals surface area contributed by atoms with Gasteiger partial charge in [-0.1, -0.05) is 40.9 Å². The topological polar surface area (TPSA) is 84.3 Å². The molecule has 0 spiro atoms. The second-order valence-electron chi connectivity index (χ2n) is 8.53. The van der Waals surface area contributed by atoms with E-state index in [9.17, 15) is 13.2 Å². The Labute approximate surface area is 220 Å². The largest absolute Gasteiger partial charge is 0.323 e. The summed E-state index contributed by atoms with van der Waals surface area (Å²) in [4.78, 5) is 13.2. The predicted octanol–water partition coefficient (Wildman–Crippen LogP) is 5.55. The van der Waals surface area contributed by atoms with Gasteiger partial charge >= 0.3 is 0 Å². The number of piperidine rings is 1. The minimum Gasteiger partial charge on any atom is -0.323 e. The molecule has 1 amide bonds. The number of hydrogen-bond donors (Lipinski definition) is 1. The Hall–Kier alpha value is -2.10. The van der Waals surface area contributed by atoms with E-state index in [2.05, 4.69) is 10.4 Å². The van der Waals surface area contributed by atoms with Gasteiger partial charge in [0.15, 0.2) is 0 Å². The molecule has 0 aliphatic carbocycles. The van der Waals surface area contributed by atoms with Crippen molar-refractivity contribution in [2.24, 2.45) is 5.92 Å². The monoisotopic (exact) mass is 554 g/mol. The summed E-state index contributed by atoms with van der Waals surface area (Å²) in [6.45, 7) is 4.62. The summed E-state index contributed by atoms with van der Waals surface area (Å²) < 4.78 is 29.0. The van der Waals surface area contributed by atoms with Crippen LogP contribution in [0.3, 0.4) is 0 Å². The van der Waals surface area contributed by atoms with Crippen molar-refractivity contribution in [2.45, 2.75) is 38.1 Å². The van der Waals surface area contributed by atoms with E-state index in [0.29, 0.717) is 45.8 Å². The molecule has 11 heteroatoms. The standard InChI is InChI=1S/C24H25Cl3N4O3S/c1-15-23(16(2)31(29-15)14-20-21(26)4-3-5-22(20)27)28-24(32)17-10-12-30(13-11-17)35(33,34)19-8-6-18(25)7-9-19/h3-9,17H,10-14H2,1-2H3,(H,28,32). The van der Waals surface area contributed by atoms with Crippen LogP contribution in [0.15, 0.2) is 47.4 Å². The van der Waals surface area contributed by atoms with Crippen molar-refractivity contribution in [1.29, 1.82) is 0 Å². The van der Waals surface area contributed by atoms with Gasteiger partial charge in [-0.15, -0.1) is 0 Å². The molecule has 7 nitrogen and oxygen atoms in total. The van der Waals surface area contributed by atoms with E-state index < -0.39 is 10.0 Å². The first-order valence-corrected chi connectivity index (χ1v) is 13.7. The number of carbonyl (C=O) groups excluding carboxylic acids is 1. The fraction of sp³-hybridized carbons (Fsp3) is 0.333. The predicted molar refractivity (Wildman–Crippen MR) is 139 cm³/mol. The highest BCUT2D eigenvalue weighted by molar-refractivity contribution is 7.89. The Morgan fingerprint density at radius 3 is 2.23 bits per heavy atom. The normalized spacial score (nSPS) is 15.3. The number of benzene rings is 2. The number of aromatic nitrogens is 2. The number of nitrogens with one attached hydrogen (secondary N) is 1. The van der Waals surface area contributed by atoms with Gasteiger partial charge in [-0.3, -0.25) is 9.48 Å². The van der Waals surface area contributed by atoms with Crippen molar-refractivity contribution in [1.82, 2.24) is 14.1 Å². The molecule has 35 heavy (non-hydrogen) atoms. The van der Waals surface area contributed by atoms with Gasteiger partial charge in [0.1, 0.15) is 0 Å². The first-order valence-electron chi connectivity index (χ1n) is 11.1. The van der Waals surface area contributed by atoms with Crippen molar-refractivity contribution in [3.63, 3.8) is 0 Å². The lowest BCUT2D eigenvalue weighted by molar-refractivity contribution is -0.120. The van der Waals surface area contributed by atoms with E-state index in [1.165, 1.54) is 16.4 Å². The third-order valence-electron chi connectivity index (χ3n) is 6.28. The van der Waals surface area contributed by atoms with Crippen LogP contribution in [0.1, 0.15) is 29.8 Å². The van der Waals surface area contributed by atoms with Gasteiger partial charge < -0.3 is 5.32 Å². The van der Waals surface area contributed by atoms with Crippen LogP contribution in [0.4, 0.5) is 5.69 Å². The molecule has 3 aromatic rings. The molecule has 2 heterocycles. The lowest BCUT2D eigenvalue weighted by Crippen LogP contribution is -2.41. The van der Waals surface area contributed by atoms with Gasteiger partial charge in [0.2, 0.25) is 15.9 Å². The minimum atomic E-state index is -3.63. The minimum absolute atomic E-state index is 0.143. The summed E-state index contributed by atoms with van der Waals surface area (Å²) >= 11 is 18.5. The Balaban J connectivity index is 1.42. The van der Waals surface area contributed by atoms with Crippen LogP contribution >= 0.6 is 34.8 Å². The van der Waals surface area contributed by atoms with Crippen LogP contribution in [-0.4, -0.2) is 41.5 Å². The van der Waals surface area contributed by atoms with E-state index in [4.69, 9.17) is 34.8 Å². The summed E-state index contributed by atoms with van der Waals surface area (Å²) in [5, 5.41) is 9.14. The molecule has 0 atom stereocenters. The second-order valence-corrected chi connectivity index (χ2v) is 11.7. The van der Waals surface area contributed by atoms with Crippen LogP contribution in [0.5, 0.6) is 0 Å². The van der Waals surface area contributed by atoms with E-state index in [1.807, 2.05) is 13.8 Å². The zero-order valence-corrected chi connectivity index (χ0v) is 22.3. The first kappa shape index (κ1) is 26.0. The van der Waals surface area contributed by atoms with Gasteiger partial charge in [-0.2, -0.15) is 9.40 Å². The van der Waals surface area contributed by atoms with Gasteiger partial charge in [-0.25, -0.2) is 8.42 Å². The molecule has 0 saturated carbocycles. The maximum Gasteiger partial charge on any atom is 0.243 e. The van der Waals surface area contributed by atoms with Crippen LogP contribution in [0.2, 0.25) is 15.1 Å². The van der Waals surface area contributed by atoms with Crippen LogP contribution in [0, 0.1) is 19.8 Å². The Kier molecular flexibility index (Phi) is 7.78.